The fourth-order valence-electron chi connectivity index (χ4n) is 3.34. The molecule has 0 spiro atoms. The van der Waals surface area contributed by atoms with Gasteiger partial charge in [0.15, 0.2) is 11.6 Å². The Balaban J connectivity index is 1.72. The third-order valence-electron chi connectivity index (χ3n) is 4.75. The van der Waals surface area contributed by atoms with E-state index in [1.54, 1.807) is 12.1 Å². The molecule has 0 unspecified atom stereocenters. The highest BCUT2D eigenvalue weighted by molar-refractivity contribution is 9.10. The lowest BCUT2D eigenvalue weighted by molar-refractivity contribution is 0.331. The smallest absolute Gasteiger partial charge is 0.303 e. The molecule has 3 aromatic rings. The number of rotatable bonds is 5. The number of halogens is 2. The molecule has 162 valence electrons. The summed E-state index contributed by atoms with van der Waals surface area (Å²) in [7, 11) is -3.91. The number of benzene rings is 1. The number of aromatic nitrogens is 3. The summed E-state index contributed by atoms with van der Waals surface area (Å²) < 4.78 is 44.7. The fourth-order valence-corrected chi connectivity index (χ4v) is 4.81. The monoisotopic (exact) mass is 510 g/mol. The van der Waals surface area contributed by atoms with Gasteiger partial charge in [-0.15, -0.1) is 5.10 Å². The van der Waals surface area contributed by atoms with Crippen LogP contribution in [0.3, 0.4) is 0 Å². The van der Waals surface area contributed by atoms with Gasteiger partial charge in [-0.3, -0.25) is 14.1 Å². The molecule has 31 heavy (non-hydrogen) atoms. The number of hydrogen-bond donors (Lipinski definition) is 2. The summed E-state index contributed by atoms with van der Waals surface area (Å²) in [5.74, 6) is 4.89. The number of hydrogen-bond acceptors (Lipinski definition) is 7. The van der Waals surface area contributed by atoms with Gasteiger partial charge in [0, 0.05) is 49.6 Å². The Hall–Kier alpha value is -2.87. The first kappa shape index (κ1) is 21.4. The van der Waals surface area contributed by atoms with E-state index in [-0.39, 0.29) is 41.2 Å². The predicted octanol–water partition coefficient (Wildman–Crippen LogP) is 1.50. The van der Waals surface area contributed by atoms with Gasteiger partial charge in [0.2, 0.25) is 0 Å². The van der Waals surface area contributed by atoms with Crippen LogP contribution >= 0.6 is 15.9 Å². The Kier molecular flexibility index (Phi) is 5.75. The van der Waals surface area contributed by atoms with Gasteiger partial charge >= 0.3 is 10.2 Å². The minimum absolute atomic E-state index is 0.00301. The molecule has 0 atom stereocenters. The van der Waals surface area contributed by atoms with E-state index in [0.717, 1.165) is 6.07 Å². The molecule has 1 aliphatic rings. The van der Waals surface area contributed by atoms with Crippen LogP contribution in [0.1, 0.15) is 11.3 Å². The third-order valence-corrected chi connectivity index (χ3v) is 6.81. The molecular weight excluding hydrogens is 495 g/mol. The van der Waals surface area contributed by atoms with Crippen LogP contribution < -0.4 is 21.0 Å². The first-order valence-corrected chi connectivity index (χ1v) is 11.2. The molecule has 4 rings (SSSR count). The first-order valence-electron chi connectivity index (χ1n) is 8.95. The van der Waals surface area contributed by atoms with Crippen molar-refractivity contribution in [2.75, 3.05) is 11.3 Å². The van der Waals surface area contributed by atoms with Crippen molar-refractivity contribution in [2.24, 2.45) is 5.90 Å². The van der Waals surface area contributed by atoms with Gasteiger partial charge in [-0.1, -0.05) is 6.07 Å². The van der Waals surface area contributed by atoms with Crippen molar-refractivity contribution in [2.45, 2.75) is 13.0 Å². The Morgan fingerprint density at radius 2 is 2.06 bits per heavy atom. The van der Waals surface area contributed by atoms with Crippen LogP contribution in [0.15, 0.2) is 51.9 Å². The normalized spacial score (nSPS) is 14.2. The highest BCUT2D eigenvalue weighted by atomic mass is 79.9. The lowest BCUT2D eigenvalue weighted by Crippen LogP contribution is -2.41. The quantitative estimate of drug-likeness (QED) is 0.496. The average molecular weight is 511 g/mol. The number of anilines is 1. The van der Waals surface area contributed by atoms with Gasteiger partial charge in [-0.25, -0.2) is 4.39 Å². The lowest BCUT2D eigenvalue weighted by Gasteiger charge is -2.30. The molecule has 0 radical (unpaired) electrons. The number of pyridine rings is 1. The van der Waals surface area contributed by atoms with Gasteiger partial charge in [0.05, 0.1) is 10.2 Å². The van der Waals surface area contributed by atoms with Crippen LogP contribution in [0.25, 0.3) is 5.69 Å². The first-order chi connectivity index (χ1) is 14.8. The second-order valence-electron chi connectivity index (χ2n) is 6.63. The second-order valence-corrected chi connectivity index (χ2v) is 9.16. The van der Waals surface area contributed by atoms with Gasteiger partial charge in [-0.2, -0.15) is 23.7 Å². The average Bonchev–Trinajstić information content (AvgIpc) is 2.75. The van der Waals surface area contributed by atoms with Crippen LogP contribution in [-0.2, 0) is 23.2 Å². The topological polar surface area (TPSA) is 132 Å². The molecule has 0 amide bonds. The number of nitrogens with zero attached hydrogens (tertiary/aromatic N) is 4. The molecular formula is C18H16BrFN6O4S. The molecule has 0 aliphatic carbocycles. The lowest BCUT2D eigenvalue weighted by atomic mass is 10.1. The maximum absolute atomic E-state index is 14.2. The summed E-state index contributed by atoms with van der Waals surface area (Å²) in [5.41, 5.74) is 0.826. The molecule has 13 heteroatoms. The molecule has 2 aromatic heterocycles. The summed E-state index contributed by atoms with van der Waals surface area (Å²) in [6, 6.07) is 8.33. The zero-order chi connectivity index (χ0) is 22.2. The van der Waals surface area contributed by atoms with Crippen molar-refractivity contribution in [1.29, 1.82) is 0 Å². The number of nitrogens with one attached hydrogen (secondary N) is 1. The fraction of sp³-hybridized carbons (Fsp3) is 0.167. The minimum Gasteiger partial charge on any atom is -0.409 e. The maximum Gasteiger partial charge on any atom is 0.303 e. The largest absolute Gasteiger partial charge is 0.409 e. The number of nitrogens with two attached hydrogens (primary N) is 1. The van der Waals surface area contributed by atoms with Crippen molar-refractivity contribution in [3.05, 3.63) is 74.5 Å². The van der Waals surface area contributed by atoms with Crippen molar-refractivity contribution in [3.8, 4) is 11.4 Å². The van der Waals surface area contributed by atoms with Gasteiger partial charge < -0.3 is 4.84 Å². The molecule has 0 bridgehead atoms. The highest BCUT2D eigenvalue weighted by Crippen LogP contribution is 2.31. The van der Waals surface area contributed by atoms with Gasteiger partial charge in [0.1, 0.15) is 5.82 Å². The molecule has 1 aromatic carbocycles. The molecule has 3 heterocycles. The van der Waals surface area contributed by atoms with Crippen LogP contribution in [0.4, 0.5) is 10.2 Å². The number of fused-ring (bicyclic) bond motifs is 1. The van der Waals surface area contributed by atoms with E-state index in [1.165, 1.54) is 33.3 Å². The van der Waals surface area contributed by atoms with E-state index < -0.39 is 21.6 Å². The van der Waals surface area contributed by atoms with E-state index in [4.69, 9.17) is 10.7 Å². The van der Waals surface area contributed by atoms with Crippen molar-refractivity contribution in [1.82, 2.24) is 19.1 Å². The zero-order valence-electron chi connectivity index (χ0n) is 15.8. The molecule has 10 nitrogen and oxygen atoms in total. The minimum atomic E-state index is -3.91. The van der Waals surface area contributed by atoms with E-state index in [1.807, 2.05) is 0 Å². The standard InChI is InChI=1S/C18H16BrFN6O4S/c19-12-8-16(30-21)15(9-13(12)20)26-14-5-7-25(10-11(14)3-4-18(26)27)31(28,29)24-17-2-1-6-22-23-17/h1-4,6,8-9H,5,7,10,21H2,(H,23,24). The summed E-state index contributed by atoms with van der Waals surface area (Å²) in [4.78, 5) is 17.5. The van der Waals surface area contributed by atoms with Crippen LogP contribution in [-0.4, -0.2) is 34.0 Å². The molecule has 3 N–H and O–H groups in total. The van der Waals surface area contributed by atoms with Gasteiger partial charge in [0.25, 0.3) is 5.56 Å². The van der Waals surface area contributed by atoms with E-state index in [0.29, 0.717) is 11.3 Å². The Morgan fingerprint density at radius 3 is 2.77 bits per heavy atom. The SMILES string of the molecule is NOc1cc(Br)c(F)cc1-n1c2c(ccc1=O)CN(S(=O)(=O)Nc1cccnn1)CC2. The molecule has 0 saturated carbocycles. The summed E-state index contributed by atoms with van der Waals surface area (Å²) in [6.07, 6.45) is 1.63. The summed E-state index contributed by atoms with van der Waals surface area (Å²) >= 11 is 3.06. The highest BCUT2D eigenvalue weighted by Gasteiger charge is 2.29. The van der Waals surface area contributed by atoms with Crippen LogP contribution in [0, 0.1) is 5.82 Å². The molecule has 0 saturated heterocycles. The maximum atomic E-state index is 14.2. The zero-order valence-corrected chi connectivity index (χ0v) is 18.2. The van der Waals surface area contributed by atoms with Crippen LogP contribution in [0.5, 0.6) is 5.75 Å². The van der Waals surface area contributed by atoms with Crippen molar-refractivity contribution < 1.29 is 17.6 Å². The van der Waals surface area contributed by atoms with E-state index in [9.17, 15) is 17.6 Å². The third kappa shape index (κ3) is 4.17. The Labute approximate surface area is 184 Å². The second kappa shape index (κ2) is 8.34. The van der Waals surface area contributed by atoms with E-state index >= 15 is 0 Å². The summed E-state index contributed by atoms with van der Waals surface area (Å²) in [5, 5.41) is 7.37. The molecule has 0 fully saturated rings. The van der Waals surface area contributed by atoms with Crippen molar-refractivity contribution in [3.63, 3.8) is 0 Å². The Bertz CT molecular complexity index is 1300. The Morgan fingerprint density at radius 1 is 1.26 bits per heavy atom. The van der Waals surface area contributed by atoms with Crippen LogP contribution in [0.2, 0.25) is 0 Å². The summed E-state index contributed by atoms with van der Waals surface area (Å²) in [6.45, 7) is 0.0902. The molecule has 1 aliphatic heterocycles. The van der Waals surface area contributed by atoms with E-state index in [2.05, 4.69) is 30.8 Å². The van der Waals surface area contributed by atoms with Gasteiger partial charge in [-0.05, 0) is 33.6 Å². The predicted molar refractivity (Wildman–Crippen MR) is 113 cm³/mol. The van der Waals surface area contributed by atoms with Crippen molar-refractivity contribution >= 4 is 32.0 Å².